The lowest BCUT2D eigenvalue weighted by atomic mass is 9.55. The molecule has 2 aromatic rings. The third-order valence-corrected chi connectivity index (χ3v) is 9.39. The summed E-state index contributed by atoms with van der Waals surface area (Å²) in [7, 11) is -4.07. The van der Waals surface area contributed by atoms with Crippen LogP contribution in [0, 0.1) is 17.3 Å². The summed E-state index contributed by atoms with van der Waals surface area (Å²) < 4.78 is 38.1. The maximum atomic E-state index is 12.3. The fourth-order valence-corrected chi connectivity index (χ4v) is 7.87. The van der Waals surface area contributed by atoms with Crippen LogP contribution in [0.15, 0.2) is 48.5 Å². The topological polar surface area (TPSA) is 81.7 Å². The molecule has 0 saturated heterocycles. The summed E-state index contributed by atoms with van der Waals surface area (Å²) in [5.74, 6) is 1.74. The van der Waals surface area contributed by atoms with E-state index in [1.165, 1.54) is 18.1 Å². The molecule has 0 bridgehead atoms. The molecule has 1 N–H and O–H groups in total. The van der Waals surface area contributed by atoms with Crippen molar-refractivity contribution in [2.45, 2.75) is 71.0 Å². The monoisotopic (exact) mass is 483 g/mol. The summed E-state index contributed by atoms with van der Waals surface area (Å²) in [6, 6.07) is 16.8. The molecule has 1 amide bonds. The van der Waals surface area contributed by atoms with Gasteiger partial charge in [-0.05, 0) is 90.5 Å². The van der Waals surface area contributed by atoms with Gasteiger partial charge in [0.2, 0.25) is 5.91 Å². The molecule has 182 valence electrons. The lowest BCUT2D eigenvalue weighted by Gasteiger charge is -2.50. The van der Waals surface area contributed by atoms with Gasteiger partial charge in [0.15, 0.2) is 0 Å². The summed E-state index contributed by atoms with van der Waals surface area (Å²) in [5.41, 5.74) is 3.78. The molecule has 3 aliphatic carbocycles. The van der Waals surface area contributed by atoms with Crippen LogP contribution in [0.4, 0.5) is 0 Å². The average molecular weight is 484 g/mol. The smallest absolute Gasteiger partial charge is 0.362 e. The minimum absolute atomic E-state index is 0.192. The number of ether oxygens (including phenoxy) is 1. The lowest BCUT2D eigenvalue weighted by molar-refractivity contribution is -0.117. The maximum absolute atomic E-state index is 12.3. The minimum Gasteiger partial charge on any atom is -0.489 e. The van der Waals surface area contributed by atoms with Gasteiger partial charge in [-0.3, -0.25) is 4.79 Å². The first kappa shape index (κ1) is 23.4. The number of nitrogens with one attached hydrogen (secondary N) is 1. The molecule has 5 rings (SSSR count). The Hall–Kier alpha value is -2.38. The number of hydrogen-bond acceptors (Lipinski definition) is 5. The fraction of sp³-hybridized carbons (Fsp3) is 0.519. The Balaban J connectivity index is 1.29. The number of rotatable bonds is 6. The van der Waals surface area contributed by atoms with E-state index in [1.54, 1.807) is 0 Å². The molecule has 0 aromatic heterocycles. The van der Waals surface area contributed by atoms with Gasteiger partial charge in [0.1, 0.15) is 12.4 Å². The maximum Gasteiger partial charge on any atom is 0.362 e. The SMILES string of the molecule is CC(=O)NS(=O)(=O)OC1CCC2C3CCc4cc(OCc5ccccc5)ccc4C3CCC12C. The Morgan fingerprint density at radius 2 is 1.88 bits per heavy atom. The molecule has 0 heterocycles. The Morgan fingerprint density at radius 3 is 2.65 bits per heavy atom. The third kappa shape index (κ3) is 4.48. The van der Waals surface area contributed by atoms with Crippen molar-refractivity contribution in [3.63, 3.8) is 0 Å². The van der Waals surface area contributed by atoms with Crippen molar-refractivity contribution < 1.29 is 22.1 Å². The average Bonchev–Trinajstić information content (AvgIpc) is 3.12. The van der Waals surface area contributed by atoms with E-state index in [2.05, 4.69) is 37.3 Å². The number of carbonyl (C=O) groups is 1. The van der Waals surface area contributed by atoms with Crippen LogP contribution in [0.5, 0.6) is 5.75 Å². The molecule has 2 aromatic carbocycles. The van der Waals surface area contributed by atoms with Crippen molar-refractivity contribution in [3.05, 3.63) is 65.2 Å². The van der Waals surface area contributed by atoms with Crippen molar-refractivity contribution in [1.82, 2.24) is 4.72 Å². The molecule has 5 atom stereocenters. The van der Waals surface area contributed by atoms with Crippen LogP contribution in [-0.4, -0.2) is 20.4 Å². The van der Waals surface area contributed by atoms with Gasteiger partial charge in [0.05, 0.1) is 6.10 Å². The number of fused-ring (bicyclic) bond motifs is 5. The van der Waals surface area contributed by atoms with Crippen molar-refractivity contribution in [2.75, 3.05) is 0 Å². The third-order valence-electron chi connectivity index (χ3n) is 8.37. The summed E-state index contributed by atoms with van der Waals surface area (Å²) in [4.78, 5) is 11.3. The fourth-order valence-electron chi connectivity index (χ4n) is 6.85. The van der Waals surface area contributed by atoms with Crippen molar-refractivity contribution in [1.29, 1.82) is 0 Å². The van der Waals surface area contributed by atoms with Gasteiger partial charge in [-0.25, -0.2) is 8.91 Å². The normalized spacial score (nSPS) is 30.1. The van der Waals surface area contributed by atoms with E-state index >= 15 is 0 Å². The minimum atomic E-state index is -4.07. The van der Waals surface area contributed by atoms with E-state index in [4.69, 9.17) is 8.92 Å². The highest BCUT2D eigenvalue weighted by molar-refractivity contribution is 7.85. The van der Waals surface area contributed by atoms with Crippen LogP contribution in [0.3, 0.4) is 0 Å². The molecule has 0 spiro atoms. The predicted octanol–water partition coefficient (Wildman–Crippen LogP) is 4.89. The van der Waals surface area contributed by atoms with Gasteiger partial charge in [-0.1, -0.05) is 43.3 Å². The Morgan fingerprint density at radius 1 is 1.09 bits per heavy atom. The number of amides is 1. The second-order valence-electron chi connectivity index (χ2n) is 10.4. The van der Waals surface area contributed by atoms with E-state index in [-0.39, 0.29) is 11.5 Å². The first-order valence-electron chi connectivity index (χ1n) is 12.3. The first-order chi connectivity index (χ1) is 16.2. The first-order valence-corrected chi connectivity index (χ1v) is 13.7. The van der Waals surface area contributed by atoms with E-state index in [9.17, 15) is 13.2 Å². The second kappa shape index (κ2) is 9.00. The Labute approximate surface area is 202 Å². The largest absolute Gasteiger partial charge is 0.489 e. The van der Waals surface area contributed by atoms with Crippen molar-refractivity contribution in [2.24, 2.45) is 17.3 Å². The van der Waals surface area contributed by atoms with Crippen molar-refractivity contribution >= 4 is 16.2 Å². The van der Waals surface area contributed by atoms with E-state index < -0.39 is 16.2 Å². The van der Waals surface area contributed by atoms with Crippen LogP contribution in [0.25, 0.3) is 0 Å². The zero-order valence-corrected chi connectivity index (χ0v) is 20.6. The summed E-state index contributed by atoms with van der Waals surface area (Å²) in [6.45, 7) is 3.93. The molecule has 34 heavy (non-hydrogen) atoms. The van der Waals surface area contributed by atoms with Gasteiger partial charge in [-0.2, -0.15) is 8.42 Å². The molecule has 2 saturated carbocycles. The molecular weight excluding hydrogens is 450 g/mol. The zero-order valence-electron chi connectivity index (χ0n) is 19.8. The highest BCUT2D eigenvalue weighted by Crippen LogP contribution is 2.61. The van der Waals surface area contributed by atoms with E-state index in [0.717, 1.165) is 43.4 Å². The molecule has 0 aliphatic heterocycles. The van der Waals surface area contributed by atoms with Crippen LogP contribution < -0.4 is 9.46 Å². The van der Waals surface area contributed by atoms with Gasteiger partial charge in [0.25, 0.3) is 0 Å². The quantitative estimate of drug-likeness (QED) is 0.633. The number of aryl methyl sites for hydroxylation is 1. The zero-order chi connectivity index (χ0) is 23.9. The molecule has 2 fully saturated rings. The molecule has 6 nitrogen and oxygen atoms in total. The highest BCUT2D eigenvalue weighted by atomic mass is 32.2. The lowest BCUT2D eigenvalue weighted by Crippen LogP contribution is -2.46. The molecular formula is C27H33NO5S. The number of hydrogen-bond donors (Lipinski definition) is 1. The second-order valence-corrected chi connectivity index (χ2v) is 11.7. The summed E-state index contributed by atoms with van der Waals surface area (Å²) in [6.07, 6.45) is 5.35. The van der Waals surface area contributed by atoms with Crippen molar-refractivity contribution in [3.8, 4) is 5.75 Å². The van der Waals surface area contributed by atoms with Crippen LogP contribution in [-0.2, 0) is 32.3 Å². The van der Waals surface area contributed by atoms with Gasteiger partial charge >= 0.3 is 10.3 Å². The van der Waals surface area contributed by atoms with Gasteiger partial charge in [0, 0.05) is 6.92 Å². The molecule has 7 heteroatoms. The standard InChI is InChI=1S/C27H33NO5S/c1-18(29)28-34(30,31)33-26-13-12-25-24-10-8-20-16-21(32-17-19-6-4-3-5-7-19)9-11-22(20)23(24)14-15-27(25,26)2/h3-7,9,11,16,23-26H,8,10,12-15,17H2,1-2H3,(H,28,29). The van der Waals surface area contributed by atoms with Gasteiger partial charge in [-0.15, -0.1) is 0 Å². The number of carbonyl (C=O) groups excluding carboxylic acids is 1. The molecule has 0 radical (unpaired) electrons. The molecule has 3 aliphatic rings. The Bertz CT molecular complexity index is 1160. The highest BCUT2D eigenvalue weighted by Gasteiger charge is 2.56. The summed E-state index contributed by atoms with van der Waals surface area (Å²) >= 11 is 0. The molecule has 5 unspecified atom stereocenters. The predicted molar refractivity (Wildman–Crippen MR) is 129 cm³/mol. The van der Waals surface area contributed by atoms with E-state index in [0.29, 0.717) is 30.8 Å². The Kier molecular flexibility index (Phi) is 6.19. The van der Waals surface area contributed by atoms with Crippen LogP contribution >= 0.6 is 0 Å². The number of benzene rings is 2. The van der Waals surface area contributed by atoms with E-state index in [1.807, 2.05) is 22.9 Å². The van der Waals surface area contributed by atoms with Gasteiger partial charge < -0.3 is 4.74 Å². The van der Waals surface area contributed by atoms with Crippen LogP contribution in [0.2, 0.25) is 0 Å². The van der Waals surface area contributed by atoms with Crippen LogP contribution in [0.1, 0.15) is 68.6 Å². The summed E-state index contributed by atoms with van der Waals surface area (Å²) in [5, 5.41) is 0.